The number of nitrogens with zero attached hydrogens (tertiary/aromatic N) is 5. The van der Waals surface area contributed by atoms with Crippen LogP contribution in [0.4, 0.5) is 5.69 Å². The van der Waals surface area contributed by atoms with Crippen LogP contribution in [-0.4, -0.2) is 58.1 Å². The van der Waals surface area contributed by atoms with Gasteiger partial charge in [0.2, 0.25) is 0 Å². The predicted octanol–water partition coefficient (Wildman–Crippen LogP) is 2.63. The Kier molecular flexibility index (Phi) is 5.23. The summed E-state index contributed by atoms with van der Waals surface area (Å²) in [6.07, 6.45) is 6.84. The first-order chi connectivity index (χ1) is 13.8. The molecule has 3 aromatic rings. The van der Waals surface area contributed by atoms with Crippen molar-refractivity contribution in [3.8, 4) is 11.6 Å². The standard InChI is InChI=1S/C21H23N5O2/c1-2-28-19-6-4-3-5-18(19)24-11-13-25(14-12-24)21(27)17-7-8-20(23-15-17)26-10-9-22-16-26/h3-10,15-16H,2,11-14H2,1H3. The third-order valence-electron chi connectivity index (χ3n) is 4.84. The van der Waals surface area contributed by atoms with Crippen LogP contribution in [0.5, 0.6) is 5.75 Å². The molecule has 7 nitrogen and oxygen atoms in total. The minimum atomic E-state index is 0.0161. The quantitative estimate of drug-likeness (QED) is 0.684. The number of hydrogen-bond acceptors (Lipinski definition) is 5. The summed E-state index contributed by atoms with van der Waals surface area (Å²) >= 11 is 0. The van der Waals surface area contributed by atoms with Gasteiger partial charge in [-0.25, -0.2) is 9.97 Å². The molecule has 144 valence electrons. The molecule has 1 amide bonds. The first-order valence-electron chi connectivity index (χ1n) is 9.46. The predicted molar refractivity (Wildman–Crippen MR) is 107 cm³/mol. The minimum Gasteiger partial charge on any atom is -0.492 e. The summed E-state index contributed by atoms with van der Waals surface area (Å²) < 4.78 is 7.55. The van der Waals surface area contributed by atoms with Gasteiger partial charge in [-0.2, -0.15) is 0 Å². The van der Waals surface area contributed by atoms with E-state index in [2.05, 4.69) is 20.9 Å². The van der Waals surface area contributed by atoms with E-state index in [9.17, 15) is 4.79 Å². The highest BCUT2D eigenvalue weighted by Crippen LogP contribution is 2.29. The summed E-state index contributed by atoms with van der Waals surface area (Å²) in [6, 6.07) is 11.7. The van der Waals surface area contributed by atoms with Crippen LogP contribution in [0.1, 0.15) is 17.3 Å². The van der Waals surface area contributed by atoms with Crippen molar-refractivity contribution in [1.82, 2.24) is 19.4 Å². The Morgan fingerprint density at radius 2 is 1.93 bits per heavy atom. The first-order valence-corrected chi connectivity index (χ1v) is 9.46. The summed E-state index contributed by atoms with van der Waals surface area (Å²) in [5.41, 5.74) is 1.69. The molecule has 1 aromatic carbocycles. The average Bonchev–Trinajstić information content (AvgIpc) is 3.29. The van der Waals surface area contributed by atoms with Gasteiger partial charge in [0.25, 0.3) is 5.91 Å². The van der Waals surface area contributed by atoms with Crippen molar-refractivity contribution in [3.05, 3.63) is 66.9 Å². The smallest absolute Gasteiger partial charge is 0.255 e. The normalized spacial score (nSPS) is 14.2. The summed E-state index contributed by atoms with van der Waals surface area (Å²) in [7, 11) is 0. The molecular weight excluding hydrogens is 354 g/mol. The number of rotatable bonds is 5. The Morgan fingerprint density at radius 1 is 1.11 bits per heavy atom. The number of ether oxygens (including phenoxy) is 1. The second kappa shape index (κ2) is 8.12. The lowest BCUT2D eigenvalue weighted by molar-refractivity contribution is 0.0746. The maximum atomic E-state index is 12.8. The number of imidazole rings is 1. The monoisotopic (exact) mass is 377 g/mol. The van der Waals surface area contributed by atoms with Gasteiger partial charge in [-0.05, 0) is 31.2 Å². The second-order valence-corrected chi connectivity index (χ2v) is 6.56. The van der Waals surface area contributed by atoms with Gasteiger partial charge in [0.15, 0.2) is 0 Å². The molecule has 0 spiro atoms. The molecule has 0 aliphatic carbocycles. The number of hydrogen-bond donors (Lipinski definition) is 0. The van der Waals surface area contributed by atoms with E-state index >= 15 is 0 Å². The molecule has 1 aliphatic rings. The van der Waals surface area contributed by atoms with Crippen LogP contribution >= 0.6 is 0 Å². The highest BCUT2D eigenvalue weighted by Gasteiger charge is 2.24. The number of carbonyl (C=O) groups is 1. The van der Waals surface area contributed by atoms with Gasteiger partial charge in [0, 0.05) is 44.8 Å². The molecule has 2 aromatic heterocycles. The van der Waals surface area contributed by atoms with Gasteiger partial charge < -0.3 is 14.5 Å². The van der Waals surface area contributed by atoms with E-state index in [1.807, 2.05) is 52.9 Å². The molecule has 0 N–H and O–H groups in total. The number of amides is 1. The van der Waals surface area contributed by atoms with E-state index in [4.69, 9.17) is 4.74 Å². The number of benzene rings is 1. The number of piperazine rings is 1. The van der Waals surface area contributed by atoms with Crippen molar-refractivity contribution in [2.24, 2.45) is 0 Å². The van der Waals surface area contributed by atoms with Crippen LogP contribution < -0.4 is 9.64 Å². The lowest BCUT2D eigenvalue weighted by Crippen LogP contribution is -2.48. The Labute approximate surface area is 164 Å². The molecule has 0 bridgehead atoms. The molecule has 4 rings (SSSR count). The van der Waals surface area contributed by atoms with Gasteiger partial charge >= 0.3 is 0 Å². The number of anilines is 1. The SMILES string of the molecule is CCOc1ccccc1N1CCN(C(=O)c2ccc(-n3ccnc3)nc2)CC1. The van der Waals surface area contributed by atoms with Crippen molar-refractivity contribution in [1.29, 1.82) is 0 Å². The van der Waals surface area contributed by atoms with Crippen LogP contribution in [-0.2, 0) is 0 Å². The Balaban J connectivity index is 1.40. The maximum absolute atomic E-state index is 12.8. The third kappa shape index (κ3) is 3.69. The number of para-hydroxylation sites is 2. The number of pyridine rings is 1. The van der Waals surface area contributed by atoms with E-state index in [0.29, 0.717) is 25.3 Å². The van der Waals surface area contributed by atoms with Crippen LogP contribution in [0.2, 0.25) is 0 Å². The highest BCUT2D eigenvalue weighted by atomic mass is 16.5. The van der Waals surface area contributed by atoms with E-state index in [1.165, 1.54) is 0 Å². The summed E-state index contributed by atoms with van der Waals surface area (Å²) in [6.45, 7) is 5.51. The zero-order valence-electron chi connectivity index (χ0n) is 15.9. The highest BCUT2D eigenvalue weighted by molar-refractivity contribution is 5.94. The fourth-order valence-electron chi connectivity index (χ4n) is 3.39. The molecule has 1 saturated heterocycles. The molecule has 0 atom stereocenters. The Morgan fingerprint density at radius 3 is 2.61 bits per heavy atom. The molecule has 0 saturated carbocycles. The van der Waals surface area contributed by atoms with E-state index in [1.54, 1.807) is 18.7 Å². The molecule has 28 heavy (non-hydrogen) atoms. The Bertz CT molecular complexity index is 916. The topological polar surface area (TPSA) is 63.5 Å². The van der Waals surface area contributed by atoms with Gasteiger partial charge in [-0.15, -0.1) is 0 Å². The van der Waals surface area contributed by atoms with Crippen molar-refractivity contribution in [3.63, 3.8) is 0 Å². The number of aromatic nitrogens is 3. The molecular formula is C21H23N5O2. The van der Waals surface area contributed by atoms with E-state index in [0.717, 1.165) is 30.3 Å². The van der Waals surface area contributed by atoms with Gasteiger partial charge in [-0.1, -0.05) is 12.1 Å². The average molecular weight is 377 g/mol. The molecule has 0 unspecified atom stereocenters. The Hall–Kier alpha value is -3.35. The summed E-state index contributed by atoms with van der Waals surface area (Å²) in [4.78, 5) is 25.4. The summed E-state index contributed by atoms with van der Waals surface area (Å²) in [5, 5.41) is 0. The zero-order valence-corrected chi connectivity index (χ0v) is 15.9. The molecule has 3 heterocycles. The fraction of sp³-hybridized carbons (Fsp3) is 0.286. The maximum Gasteiger partial charge on any atom is 0.255 e. The largest absolute Gasteiger partial charge is 0.492 e. The van der Waals surface area contributed by atoms with Crippen molar-refractivity contribution in [2.75, 3.05) is 37.7 Å². The van der Waals surface area contributed by atoms with E-state index in [-0.39, 0.29) is 5.91 Å². The van der Waals surface area contributed by atoms with E-state index < -0.39 is 0 Å². The number of carbonyl (C=O) groups excluding carboxylic acids is 1. The molecule has 1 aliphatic heterocycles. The van der Waals surface area contributed by atoms with Crippen LogP contribution in [0.3, 0.4) is 0 Å². The molecule has 1 fully saturated rings. The van der Waals surface area contributed by atoms with Crippen molar-refractivity contribution in [2.45, 2.75) is 6.92 Å². The first kappa shape index (κ1) is 18.0. The zero-order chi connectivity index (χ0) is 19.3. The van der Waals surface area contributed by atoms with Crippen LogP contribution in [0.15, 0.2) is 61.3 Å². The van der Waals surface area contributed by atoms with Gasteiger partial charge in [0.05, 0.1) is 17.9 Å². The lowest BCUT2D eigenvalue weighted by Gasteiger charge is -2.36. The van der Waals surface area contributed by atoms with Crippen molar-refractivity contribution >= 4 is 11.6 Å². The van der Waals surface area contributed by atoms with Crippen LogP contribution in [0, 0.1) is 0 Å². The van der Waals surface area contributed by atoms with Gasteiger partial charge in [-0.3, -0.25) is 9.36 Å². The lowest BCUT2D eigenvalue weighted by atomic mass is 10.2. The molecule has 7 heteroatoms. The minimum absolute atomic E-state index is 0.0161. The third-order valence-corrected chi connectivity index (χ3v) is 4.84. The summed E-state index contributed by atoms with van der Waals surface area (Å²) in [5.74, 6) is 1.65. The van der Waals surface area contributed by atoms with Gasteiger partial charge in [0.1, 0.15) is 17.9 Å². The second-order valence-electron chi connectivity index (χ2n) is 6.56. The molecule has 0 radical (unpaired) electrons. The van der Waals surface area contributed by atoms with Crippen LogP contribution in [0.25, 0.3) is 5.82 Å². The van der Waals surface area contributed by atoms with Crippen molar-refractivity contribution < 1.29 is 9.53 Å². The fourth-order valence-corrected chi connectivity index (χ4v) is 3.39.